The predicted octanol–water partition coefficient (Wildman–Crippen LogP) is 0.267. The molecule has 2 unspecified atom stereocenters. The summed E-state index contributed by atoms with van der Waals surface area (Å²) in [5, 5.41) is 0. The van der Waals surface area contributed by atoms with Crippen molar-refractivity contribution in [3.63, 3.8) is 0 Å². The summed E-state index contributed by atoms with van der Waals surface area (Å²) in [6.45, 7) is 2.00. The van der Waals surface area contributed by atoms with E-state index in [0.29, 0.717) is 12.3 Å². The van der Waals surface area contributed by atoms with Gasteiger partial charge in [0.05, 0.1) is 12.9 Å². The van der Waals surface area contributed by atoms with E-state index in [4.69, 9.17) is 0 Å². The van der Waals surface area contributed by atoms with Crippen molar-refractivity contribution in [3.05, 3.63) is 0 Å². The smallest absolute Gasteiger partial charge is 0.305 e. The zero-order valence-electron chi connectivity index (χ0n) is 9.02. The molecule has 0 aromatic heterocycles. The Labute approximate surface area is 90.2 Å². The van der Waals surface area contributed by atoms with Crippen LogP contribution in [0.2, 0.25) is 0 Å². The molecule has 6 heteroatoms. The maximum absolute atomic E-state index is 11.4. The van der Waals surface area contributed by atoms with Crippen LogP contribution >= 0.6 is 0 Å². The first-order valence-electron chi connectivity index (χ1n) is 5.01. The van der Waals surface area contributed by atoms with Crippen molar-refractivity contribution < 1.29 is 17.9 Å². The number of sulfonamides is 1. The Morgan fingerprint density at radius 1 is 1.53 bits per heavy atom. The van der Waals surface area contributed by atoms with Crippen molar-refractivity contribution in [3.8, 4) is 0 Å². The van der Waals surface area contributed by atoms with Crippen LogP contribution in [0.3, 0.4) is 0 Å². The molecule has 0 bridgehead atoms. The van der Waals surface area contributed by atoms with Gasteiger partial charge in [-0.1, -0.05) is 6.92 Å². The Hall–Kier alpha value is -0.620. The maximum Gasteiger partial charge on any atom is 0.305 e. The van der Waals surface area contributed by atoms with E-state index in [1.54, 1.807) is 0 Å². The molecule has 1 rings (SSSR count). The van der Waals surface area contributed by atoms with E-state index in [9.17, 15) is 13.2 Å². The summed E-state index contributed by atoms with van der Waals surface area (Å²) in [5.74, 6) is 0.0658. The fourth-order valence-electron chi connectivity index (χ4n) is 1.28. The molecule has 0 heterocycles. The van der Waals surface area contributed by atoms with E-state index in [-0.39, 0.29) is 24.2 Å². The van der Waals surface area contributed by atoms with Gasteiger partial charge in [-0.05, 0) is 18.8 Å². The van der Waals surface area contributed by atoms with Crippen LogP contribution in [-0.2, 0) is 19.6 Å². The highest BCUT2D eigenvalue weighted by Crippen LogP contribution is 2.29. The highest BCUT2D eigenvalue weighted by molar-refractivity contribution is 7.89. The molecule has 1 saturated carbocycles. The summed E-state index contributed by atoms with van der Waals surface area (Å²) >= 11 is 0. The topological polar surface area (TPSA) is 72.5 Å². The van der Waals surface area contributed by atoms with Gasteiger partial charge in [0, 0.05) is 12.5 Å². The maximum atomic E-state index is 11.4. The first kappa shape index (κ1) is 12.4. The lowest BCUT2D eigenvalue weighted by Crippen LogP contribution is -2.29. The van der Waals surface area contributed by atoms with Crippen LogP contribution in [-0.4, -0.2) is 33.3 Å². The number of methoxy groups -OCH3 is 1. The Bertz CT molecular complexity index is 325. The monoisotopic (exact) mass is 235 g/mol. The second kappa shape index (κ2) is 4.94. The molecule has 1 N–H and O–H groups in total. The largest absolute Gasteiger partial charge is 0.469 e. The normalized spacial score (nSPS) is 24.9. The molecule has 5 nitrogen and oxygen atoms in total. The molecular weight excluding hydrogens is 218 g/mol. The molecule has 0 aromatic rings. The van der Waals surface area contributed by atoms with Crippen LogP contribution < -0.4 is 4.72 Å². The molecule has 1 aliphatic carbocycles. The molecule has 88 valence electrons. The van der Waals surface area contributed by atoms with Crippen LogP contribution in [0.5, 0.6) is 0 Å². The van der Waals surface area contributed by atoms with E-state index >= 15 is 0 Å². The van der Waals surface area contributed by atoms with Crippen molar-refractivity contribution in [2.24, 2.45) is 5.92 Å². The second-order valence-electron chi connectivity index (χ2n) is 3.94. The number of rotatable bonds is 6. The van der Waals surface area contributed by atoms with Gasteiger partial charge in [0.15, 0.2) is 0 Å². The van der Waals surface area contributed by atoms with Gasteiger partial charge in [0.25, 0.3) is 0 Å². The van der Waals surface area contributed by atoms with Crippen molar-refractivity contribution >= 4 is 16.0 Å². The number of carbonyl (C=O) groups excluding carboxylic acids is 1. The van der Waals surface area contributed by atoms with Crippen LogP contribution in [0.15, 0.2) is 0 Å². The van der Waals surface area contributed by atoms with Crippen molar-refractivity contribution in [2.75, 3.05) is 12.9 Å². The minimum Gasteiger partial charge on any atom is -0.469 e. The summed E-state index contributed by atoms with van der Waals surface area (Å²) < 4.78 is 29.9. The van der Waals surface area contributed by atoms with Gasteiger partial charge in [0.2, 0.25) is 10.0 Å². The van der Waals surface area contributed by atoms with Crippen LogP contribution in [0, 0.1) is 5.92 Å². The quantitative estimate of drug-likeness (QED) is 0.671. The lowest BCUT2D eigenvalue weighted by atomic mass is 10.3. The summed E-state index contributed by atoms with van der Waals surface area (Å²) in [5.41, 5.74) is 0. The van der Waals surface area contributed by atoms with Crippen molar-refractivity contribution in [1.82, 2.24) is 4.72 Å². The standard InChI is InChI=1S/C9H17NO4S/c1-7-6-8(7)10-15(12,13)5-3-4-9(11)14-2/h7-8,10H,3-6H2,1-2H3. The molecule has 0 amide bonds. The third kappa shape index (κ3) is 4.61. The highest BCUT2D eigenvalue weighted by atomic mass is 32.2. The molecule has 0 aliphatic heterocycles. The number of nitrogens with one attached hydrogen (secondary N) is 1. The van der Waals surface area contributed by atoms with E-state index < -0.39 is 10.0 Å². The van der Waals surface area contributed by atoms with E-state index in [1.807, 2.05) is 6.92 Å². The van der Waals surface area contributed by atoms with Gasteiger partial charge >= 0.3 is 5.97 Å². The van der Waals surface area contributed by atoms with Crippen molar-refractivity contribution in [2.45, 2.75) is 32.2 Å². The zero-order valence-corrected chi connectivity index (χ0v) is 9.84. The first-order chi connectivity index (χ1) is 6.94. The molecule has 15 heavy (non-hydrogen) atoms. The molecule has 0 aromatic carbocycles. The SMILES string of the molecule is COC(=O)CCCS(=O)(=O)NC1CC1C. The summed E-state index contributed by atoms with van der Waals surface area (Å²) in [6.07, 6.45) is 1.37. The lowest BCUT2D eigenvalue weighted by Gasteiger charge is -2.04. The fraction of sp³-hybridized carbons (Fsp3) is 0.889. The minimum atomic E-state index is -3.21. The molecule has 1 aliphatic rings. The van der Waals surface area contributed by atoms with Gasteiger partial charge in [-0.25, -0.2) is 13.1 Å². The van der Waals surface area contributed by atoms with Crippen LogP contribution in [0.1, 0.15) is 26.2 Å². The molecule has 1 fully saturated rings. The van der Waals surface area contributed by atoms with Gasteiger partial charge in [0.1, 0.15) is 0 Å². The van der Waals surface area contributed by atoms with E-state index in [1.165, 1.54) is 7.11 Å². The van der Waals surface area contributed by atoms with E-state index in [2.05, 4.69) is 9.46 Å². The average Bonchev–Trinajstić information content (AvgIpc) is 2.79. The summed E-state index contributed by atoms with van der Waals surface area (Å²) in [4.78, 5) is 10.7. The van der Waals surface area contributed by atoms with Crippen LogP contribution in [0.4, 0.5) is 0 Å². The molecule has 0 spiro atoms. The average molecular weight is 235 g/mol. The van der Waals surface area contributed by atoms with Gasteiger partial charge in [-0.2, -0.15) is 0 Å². The zero-order chi connectivity index (χ0) is 11.5. The van der Waals surface area contributed by atoms with Gasteiger partial charge < -0.3 is 4.74 Å². The molecular formula is C9H17NO4S. The third-order valence-electron chi connectivity index (χ3n) is 2.46. The fourth-order valence-corrected chi connectivity index (χ4v) is 2.72. The number of hydrogen-bond donors (Lipinski definition) is 1. The number of hydrogen-bond acceptors (Lipinski definition) is 4. The Kier molecular flexibility index (Phi) is 4.10. The molecule has 0 radical (unpaired) electrons. The lowest BCUT2D eigenvalue weighted by molar-refractivity contribution is -0.140. The highest BCUT2D eigenvalue weighted by Gasteiger charge is 2.35. The van der Waals surface area contributed by atoms with Gasteiger partial charge in [-0.15, -0.1) is 0 Å². The second-order valence-corrected chi connectivity index (χ2v) is 5.81. The Morgan fingerprint density at radius 3 is 2.60 bits per heavy atom. The summed E-state index contributed by atoms with van der Waals surface area (Å²) in [6, 6.07) is 0.105. The summed E-state index contributed by atoms with van der Waals surface area (Å²) in [7, 11) is -1.92. The molecule has 2 atom stereocenters. The van der Waals surface area contributed by atoms with Crippen molar-refractivity contribution in [1.29, 1.82) is 0 Å². The third-order valence-corrected chi connectivity index (χ3v) is 3.95. The number of ether oxygens (including phenoxy) is 1. The van der Waals surface area contributed by atoms with E-state index in [0.717, 1.165) is 6.42 Å². The predicted molar refractivity (Wildman–Crippen MR) is 55.7 cm³/mol. The first-order valence-corrected chi connectivity index (χ1v) is 6.66. The van der Waals surface area contributed by atoms with Crippen LogP contribution in [0.25, 0.3) is 0 Å². The Balaban J connectivity index is 2.21. The Morgan fingerprint density at radius 2 is 2.13 bits per heavy atom. The van der Waals surface area contributed by atoms with Gasteiger partial charge in [-0.3, -0.25) is 4.79 Å². The number of esters is 1. The minimum absolute atomic E-state index is 0.00861. The molecule has 0 saturated heterocycles. The number of carbonyl (C=O) groups is 1.